The van der Waals surface area contributed by atoms with Gasteiger partial charge >= 0.3 is 0 Å². The third kappa shape index (κ3) is 5.38. The van der Waals surface area contributed by atoms with Crippen LogP contribution < -0.4 is 10.9 Å². The van der Waals surface area contributed by atoms with Crippen molar-refractivity contribution in [2.75, 3.05) is 17.6 Å². The highest BCUT2D eigenvalue weighted by Gasteiger charge is 2.22. The van der Waals surface area contributed by atoms with Gasteiger partial charge in [0.2, 0.25) is 0 Å². The molecule has 36 heavy (non-hydrogen) atoms. The smallest absolute Gasteiger partial charge is 0.265 e. The summed E-state index contributed by atoms with van der Waals surface area (Å²) in [5.41, 5.74) is 2.71. The van der Waals surface area contributed by atoms with Crippen LogP contribution in [-0.2, 0) is 21.1 Å². The van der Waals surface area contributed by atoms with E-state index in [9.17, 15) is 18.0 Å². The summed E-state index contributed by atoms with van der Waals surface area (Å²) in [7, 11) is -3.72. The second-order valence-electron chi connectivity index (χ2n) is 9.06. The molecule has 0 aliphatic heterocycles. The van der Waals surface area contributed by atoms with Crippen LogP contribution >= 0.6 is 22.9 Å². The first kappa shape index (κ1) is 24.7. The lowest BCUT2D eigenvalue weighted by Gasteiger charge is -2.13. The fraction of sp³-hybridized carbons (Fsp3) is 0.269. The maximum Gasteiger partial charge on any atom is 0.265 e. The summed E-state index contributed by atoms with van der Waals surface area (Å²) in [6, 6.07) is 15.4. The number of rotatable bonds is 9. The van der Waals surface area contributed by atoms with Crippen molar-refractivity contribution in [1.82, 2.24) is 9.55 Å². The molecule has 1 aliphatic rings. The van der Waals surface area contributed by atoms with Crippen LogP contribution in [0.25, 0.3) is 16.6 Å². The average Bonchev–Trinajstić information content (AvgIpc) is 3.55. The van der Waals surface area contributed by atoms with E-state index in [1.54, 1.807) is 37.3 Å². The van der Waals surface area contributed by atoms with Crippen LogP contribution in [0, 0.1) is 12.8 Å². The van der Waals surface area contributed by atoms with Crippen LogP contribution in [-0.4, -0.2) is 36.0 Å². The topological polar surface area (TPSA) is 98.1 Å². The van der Waals surface area contributed by atoms with E-state index in [1.807, 2.05) is 12.1 Å². The van der Waals surface area contributed by atoms with Gasteiger partial charge in [0.25, 0.3) is 5.56 Å². The molecule has 1 saturated carbocycles. The Morgan fingerprint density at radius 3 is 2.56 bits per heavy atom. The van der Waals surface area contributed by atoms with Crippen molar-refractivity contribution in [1.29, 1.82) is 0 Å². The molecular formula is C26H24ClN3O4S2. The predicted molar refractivity (Wildman–Crippen MR) is 143 cm³/mol. The lowest BCUT2D eigenvalue weighted by Crippen LogP contribution is -2.22. The molecule has 0 unspecified atom stereocenters. The van der Waals surface area contributed by atoms with Crippen molar-refractivity contribution in [3.63, 3.8) is 0 Å². The molecule has 1 fully saturated rings. The Labute approximate surface area is 217 Å². The first-order valence-corrected chi connectivity index (χ1v) is 14.4. The van der Waals surface area contributed by atoms with Crippen molar-refractivity contribution >= 4 is 55.1 Å². The summed E-state index contributed by atoms with van der Waals surface area (Å²) < 4.78 is 26.9. The van der Waals surface area contributed by atoms with Crippen LogP contribution in [0.1, 0.15) is 24.2 Å². The second-order valence-corrected chi connectivity index (χ2v) is 13.0. The molecule has 0 bridgehead atoms. The van der Waals surface area contributed by atoms with Gasteiger partial charge in [-0.2, -0.15) is 0 Å². The molecule has 0 radical (unpaired) electrons. The third-order valence-electron chi connectivity index (χ3n) is 6.13. The minimum absolute atomic E-state index is 0.0287. The summed E-state index contributed by atoms with van der Waals surface area (Å²) in [4.78, 5) is 30.4. The van der Waals surface area contributed by atoms with Gasteiger partial charge in [-0.25, -0.2) is 13.4 Å². The third-order valence-corrected chi connectivity index (χ3v) is 9.62. The fourth-order valence-corrected chi connectivity index (χ4v) is 6.90. The predicted octanol–water partition coefficient (Wildman–Crippen LogP) is 4.82. The highest BCUT2D eigenvalue weighted by molar-refractivity contribution is 7.94. The molecule has 0 spiro atoms. The number of nitrogens with one attached hydrogen (secondary N) is 1. The summed E-state index contributed by atoms with van der Waals surface area (Å²) in [5.74, 6) is 0.289. The zero-order valence-corrected chi connectivity index (χ0v) is 21.9. The number of benzene rings is 2. The Kier molecular flexibility index (Phi) is 6.72. The molecule has 10 heteroatoms. The highest BCUT2D eigenvalue weighted by atomic mass is 35.5. The summed E-state index contributed by atoms with van der Waals surface area (Å²) >= 11 is 6.76. The van der Waals surface area contributed by atoms with Gasteiger partial charge in [-0.15, -0.1) is 11.3 Å². The molecular weight excluding hydrogens is 518 g/mol. The molecule has 4 aromatic rings. The number of anilines is 1. The molecule has 0 saturated heterocycles. The molecule has 0 atom stereocenters. The number of thiophene rings is 1. The Hall–Kier alpha value is -3.01. The maximum atomic E-state index is 13.3. The van der Waals surface area contributed by atoms with Crippen molar-refractivity contribution in [2.45, 2.75) is 30.4 Å². The van der Waals surface area contributed by atoms with Gasteiger partial charge < -0.3 is 5.32 Å². The molecule has 186 valence electrons. The molecule has 0 amide bonds. The fourth-order valence-electron chi connectivity index (χ4n) is 4.08. The van der Waals surface area contributed by atoms with Crippen LogP contribution in [0.5, 0.6) is 0 Å². The second kappa shape index (κ2) is 9.80. The number of carbonyl (C=O) groups excluding carboxylic acids is 1. The number of fused-ring (bicyclic) bond motifs is 1. The zero-order chi connectivity index (χ0) is 25.4. The van der Waals surface area contributed by atoms with Crippen LogP contribution in [0.2, 0.25) is 4.34 Å². The summed E-state index contributed by atoms with van der Waals surface area (Å²) in [6.07, 6.45) is 2.50. The number of halogens is 1. The largest absolute Gasteiger partial charge is 0.385 e. The number of ketones is 1. The van der Waals surface area contributed by atoms with E-state index in [4.69, 9.17) is 11.6 Å². The normalized spacial score (nSPS) is 13.7. The van der Waals surface area contributed by atoms with E-state index >= 15 is 0 Å². The van der Waals surface area contributed by atoms with Gasteiger partial charge in [-0.05, 0) is 73.7 Å². The van der Waals surface area contributed by atoms with Gasteiger partial charge in [-0.3, -0.25) is 14.2 Å². The number of aryl methyl sites for hydroxylation is 1. The number of sulfone groups is 1. The van der Waals surface area contributed by atoms with Crippen LogP contribution in [0.15, 0.2) is 63.6 Å². The number of hydrogen-bond donors (Lipinski definition) is 1. The van der Waals surface area contributed by atoms with E-state index in [-0.39, 0.29) is 16.2 Å². The number of hydrogen-bond acceptors (Lipinski definition) is 7. The van der Waals surface area contributed by atoms with Gasteiger partial charge in [0, 0.05) is 18.7 Å². The van der Waals surface area contributed by atoms with Crippen molar-refractivity contribution in [3.8, 4) is 5.69 Å². The molecule has 5 rings (SSSR count). The Morgan fingerprint density at radius 1 is 1.14 bits per heavy atom. The quantitative estimate of drug-likeness (QED) is 0.326. The van der Waals surface area contributed by atoms with Crippen molar-refractivity contribution in [2.24, 2.45) is 5.92 Å². The van der Waals surface area contributed by atoms with E-state index in [1.165, 1.54) is 29.5 Å². The number of aromatic nitrogens is 2. The van der Waals surface area contributed by atoms with E-state index in [0.29, 0.717) is 32.3 Å². The number of carbonyl (C=O) groups is 1. The van der Waals surface area contributed by atoms with E-state index < -0.39 is 21.4 Å². The van der Waals surface area contributed by atoms with Crippen LogP contribution in [0.3, 0.4) is 0 Å². The summed E-state index contributed by atoms with van der Waals surface area (Å²) in [5, 5.41) is 3.93. The van der Waals surface area contributed by atoms with Gasteiger partial charge in [0.05, 0.1) is 20.9 Å². The minimum Gasteiger partial charge on any atom is -0.385 e. The number of nitrogens with zero attached hydrogens (tertiary/aromatic N) is 2. The van der Waals surface area contributed by atoms with Gasteiger partial charge in [0.15, 0.2) is 15.6 Å². The molecule has 2 aromatic carbocycles. The summed E-state index contributed by atoms with van der Waals surface area (Å²) in [6.45, 7) is 2.72. The van der Waals surface area contributed by atoms with Crippen LogP contribution in [0.4, 0.5) is 5.69 Å². The zero-order valence-electron chi connectivity index (χ0n) is 19.5. The molecule has 1 aliphatic carbocycles. The molecule has 1 N–H and O–H groups in total. The Morgan fingerprint density at radius 2 is 1.89 bits per heavy atom. The average molecular weight is 542 g/mol. The lowest BCUT2D eigenvalue weighted by molar-refractivity contribution is -0.116. The Balaban J connectivity index is 1.32. The maximum absolute atomic E-state index is 13.3. The van der Waals surface area contributed by atoms with Crippen molar-refractivity contribution in [3.05, 3.63) is 80.7 Å². The SMILES string of the molecule is Cc1nc2cc(NCC3CC3)ccc2c(=O)n1-c1ccc(CC(=O)CS(=O)(=O)c2ccc(Cl)s2)cc1. The van der Waals surface area contributed by atoms with E-state index in [0.717, 1.165) is 29.5 Å². The van der Waals surface area contributed by atoms with E-state index in [2.05, 4.69) is 10.3 Å². The van der Waals surface area contributed by atoms with Gasteiger partial charge in [0.1, 0.15) is 15.8 Å². The molecule has 2 heterocycles. The standard InChI is InChI=1S/C26H24ClN3O4S2/c1-16-29-23-13-19(28-14-18-2-3-18)6-9-22(23)26(32)30(16)20-7-4-17(5-8-20)12-21(31)15-36(33,34)25-11-10-24(27)35-25/h4-11,13,18,28H,2-3,12,14-15H2,1H3. The van der Waals surface area contributed by atoms with Crippen molar-refractivity contribution < 1.29 is 13.2 Å². The van der Waals surface area contributed by atoms with Gasteiger partial charge in [-0.1, -0.05) is 23.7 Å². The minimum atomic E-state index is -3.72. The lowest BCUT2D eigenvalue weighted by atomic mass is 10.1. The highest BCUT2D eigenvalue weighted by Crippen LogP contribution is 2.29. The first-order chi connectivity index (χ1) is 17.2. The molecule has 7 nitrogen and oxygen atoms in total. The number of Topliss-reactive ketones (excluding diaryl/α,β-unsaturated/α-hetero) is 1. The first-order valence-electron chi connectivity index (χ1n) is 11.6. The Bertz CT molecular complexity index is 1620. The molecule has 2 aromatic heterocycles. The monoisotopic (exact) mass is 541 g/mol.